The largest absolute Gasteiger partial charge is 0.416 e. The molecule has 0 atom stereocenters. The van der Waals surface area contributed by atoms with Gasteiger partial charge in [0, 0.05) is 12.1 Å². The summed E-state index contributed by atoms with van der Waals surface area (Å²) in [5.74, 6) is 1.91. The Morgan fingerprint density at radius 3 is 2.21 bits per heavy atom. The zero-order chi connectivity index (χ0) is 20.2. The molecule has 0 radical (unpaired) electrons. The molecule has 1 amide bonds. The number of halogens is 3. The first-order valence-corrected chi connectivity index (χ1v) is 10.1. The highest BCUT2D eigenvalue weighted by Crippen LogP contribution is 2.59. The van der Waals surface area contributed by atoms with Crippen molar-refractivity contribution < 1.29 is 22.5 Å². The molecule has 0 unspecified atom stereocenters. The maximum atomic E-state index is 12.7. The highest BCUT2D eigenvalue weighted by Gasteiger charge is 2.50. The first kappa shape index (κ1) is 18.6. The van der Waals surface area contributed by atoms with Crippen LogP contribution in [-0.2, 0) is 6.18 Å². The molecule has 6 rings (SSSR count). The van der Waals surface area contributed by atoms with Crippen molar-refractivity contribution in [3.8, 4) is 11.4 Å². The van der Waals surface area contributed by atoms with Gasteiger partial charge in [0.1, 0.15) is 0 Å². The number of nitrogens with one attached hydrogen (secondary N) is 1. The van der Waals surface area contributed by atoms with Gasteiger partial charge >= 0.3 is 18.0 Å². The Balaban J connectivity index is 1.24. The van der Waals surface area contributed by atoms with Crippen molar-refractivity contribution in [3.63, 3.8) is 0 Å². The molecule has 4 fully saturated rings. The third kappa shape index (κ3) is 3.53. The number of rotatable bonds is 4. The van der Waals surface area contributed by atoms with Crippen molar-refractivity contribution in [1.82, 2.24) is 15.5 Å². The van der Waals surface area contributed by atoms with E-state index in [1.54, 1.807) is 0 Å². The molecular formula is C21H22F3N3O2. The quantitative estimate of drug-likeness (QED) is 0.801. The Morgan fingerprint density at radius 1 is 1.07 bits per heavy atom. The zero-order valence-corrected chi connectivity index (χ0v) is 15.8. The second kappa shape index (κ2) is 6.57. The molecule has 1 aromatic carbocycles. The number of hydrogen-bond donors (Lipinski definition) is 1. The average Bonchev–Trinajstić information content (AvgIpc) is 3.15. The monoisotopic (exact) mass is 405 g/mol. The maximum Gasteiger partial charge on any atom is 0.416 e. The van der Waals surface area contributed by atoms with Crippen LogP contribution in [0.2, 0.25) is 0 Å². The van der Waals surface area contributed by atoms with Crippen molar-refractivity contribution in [3.05, 3.63) is 35.7 Å². The van der Waals surface area contributed by atoms with Gasteiger partial charge in [-0.25, -0.2) is 0 Å². The second-order valence-electron chi connectivity index (χ2n) is 9.10. The Hall–Kier alpha value is -2.38. The first-order chi connectivity index (χ1) is 13.8. The van der Waals surface area contributed by atoms with Gasteiger partial charge < -0.3 is 9.84 Å². The van der Waals surface area contributed by atoms with Crippen LogP contribution < -0.4 is 5.32 Å². The summed E-state index contributed by atoms with van der Waals surface area (Å²) in [6.45, 7) is 0.618. The number of aromatic nitrogens is 2. The fourth-order valence-electron chi connectivity index (χ4n) is 6.09. The number of hydrogen-bond acceptors (Lipinski definition) is 4. The van der Waals surface area contributed by atoms with Crippen LogP contribution in [0.15, 0.2) is 28.8 Å². The second-order valence-corrected chi connectivity index (χ2v) is 9.10. The van der Waals surface area contributed by atoms with E-state index in [4.69, 9.17) is 4.52 Å². The van der Waals surface area contributed by atoms with E-state index in [0.29, 0.717) is 12.1 Å². The molecule has 1 N–H and O–H groups in total. The molecule has 154 valence electrons. The minimum absolute atomic E-state index is 0.0960. The number of carbonyl (C=O) groups excluding carboxylic acids is 1. The van der Waals surface area contributed by atoms with Gasteiger partial charge in [-0.1, -0.05) is 17.3 Å². The van der Waals surface area contributed by atoms with Crippen molar-refractivity contribution in [2.24, 2.45) is 23.2 Å². The molecule has 0 spiro atoms. The molecule has 4 saturated carbocycles. The van der Waals surface area contributed by atoms with E-state index < -0.39 is 17.6 Å². The van der Waals surface area contributed by atoms with E-state index in [1.165, 1.54) is 50.7 Å². The summed E-state index contributed by atoms with van der Waals surface area (Å²) < 4.78 is 43.1. The molecule has 5 nitrogen and oxygen atoms in total. The van der Waals surface area contributed by atoms with Crippen LogP contribution >= 0.6 is 0 Å². The van der Waals surface area contributed by atoms with Crippen LogP contribution in [0.25, 0.3) is 11.4 Å². The Kier molecular flexibility index (Phi) is 4.22. The minimum atomic E-state index is -4.40. The summed E-state index contributed by atoms with van der Waals surface area (Å²) in [6, 6.07) is 4.45. The lowest BCUT2D eigenvalue weighted by Crippen LogP contribution is -2.51. The standard InChI is InChI=1S/C21H22F3N3O2/c22-21(23,24)16-3-1-15(2-4-16)17-26-19(29-27-17)18(28)25-11-20-8-12-5-13(9-20)7-14(6-12)10-20/h1-4,12-14H,5-11H2,(H,25,28). The van der Waals surface area contributed by atoms with Gasteiger partial charge in [0.15, 0.2) is 0 Å². The Labute approximate surface area is 166 Å². The fourth-order valence-corrected chi connectivity index (χ4v) is 6.09. The number of nitrogens with zero attached hydrogens (tertiary/aromatic N) is 2. The summed E-state index contributed by atoms with van der Waals surface area (Å²) in [5.41, 5.74) is -0.194. The number of amides is 1. The zero-order valence-electron chi connectivity index (χ0n) is 15.8. The fraction of sp³-hybridized carbons (Fsp3) is 0.571. The molecule has 4 aliphatic carbocycles. The maximum absolute atomic E-state index is 12.7. The van der Waals surface area contributed by atoms with Crippen LogP contribution in [0.1, 0.15) is 54.8 Å². The highest BCUT2D eigenvalue weighted by atomic mass is 19.4. The smallest absolute Gasteiger partial charge is 0.347 e. The Bertz CT molecular complexity index is 885. The molecular weight excluding hydrogens is 383 g/mol. The van der Waals surface area contributed by atoms with Gasteiger partial charge in [-0.05, 0) is 73.8 Å². The summed E-state index contributed by atoms with van der Waals surface area (Å²) in [7, 11) is 0. The third-order valence-electron chi connectivity index (χ3n) is 6.88. The molecule has 2 aromatic rings. The molecule has 4 bridgehead atoms. The van der Waals surface area contributed by atoms with Gasteiger partial charge in [0.05, 0.1) is 5.56 Å². The summed E-state index contributed by atoms with van der Waals surface area (Å²) in [4.78, 5) is 16.6. The normalized spacial score (nSPS) is 30.5. The van der Waals surface area contributed by atoms with Gasteiger partial charge in [-0.3, -0.25) is 4.79 Å². The van der Waals surface area contributed by atoms with Crippen molar-refractivity contribution in [1.29, 1.82) is 0 Å². The topological polar surface area (TPSA) is 68.0 Å². The van der Waals surface area contributed by atoms with Crippen LogP contribution in [0, 0.1) is 23.2 Å². The molecule has 0 saturated heterocycles. The summed E-state index contributed by atoms with van der Waals surface area (Å²) >= 11 is 0. The molecule has 0 aliphatic heterocycles. The molecule has 29 heavy (non-hydrogen) atoms. The SMILES string of the molecule is O=C(NCC12CC3CC(CC(C3)C1)C2)c1nc(-c2ccc(C(F)(F)F)cc2)no1. The molecule has 4 aliphatic rings. The molecule has 1 aromatic heterocycles. The van der Waals surface area contributed by atoms with E-state index in [1.807, 2.05) is 0 Å². The van der Waals surface area contributed by atoms with Crippen LogP contribution in [0.3, 0.4) is 0 Å². The van der Waals surface area contributed by atoms with Crippen molar-refractivity contribution >= 4 is 5.91 Å². The predicted octanol–water partition coefficient (Wildman–Crippen LogP) is 4.70. The number of carbonyl (C=O) groups is 1. The summed E-state index contributed by atoms with van der Waals surface area (Å²) in [6.07, 6.45) is 3.16. The lowest BCUT2D eigenvalue weighted by molar-refractivity contribution is -0.137. The molecule has 8 heteroatoms. The number of alkyl halides is 3. The highest BCUT2D eigenvalue weighted by molar-refractivity contribution is 5.89. The molecule has 1 heterocycles. The third-order valence-corrected chi connectivity index (χ3v) is 6.88. The Morgan fingerprint density at radius 2 is 1.66 bits per heavy atom. The van der Waals surface area contributed by atoms with E-state index in [9.17, 15) is 18.0 Å². The van der Waals surface area contributed by atoms with Gasteiger partial charge in [0.25, 0.3) is 0 Å². The van der Waals surface area contributed by atoms with Crippen LogP contribution in [-0.4, -0.2) is 22.6 Å². The van der Waals surface area contributed by atoms with E-state index in [2.05, 4.69) is 15.5 Å². The van der Waals surface area contributed by atoms with E-state index >= 15 is 0 Å². The lowest BCUT2D eigenvalue weighted by Gasteiger charge is -2.56. The lowest BCUT2D eigenvalue weighted by atomic mass is 9.49. The van der Waals surface area contributed by atoms with Crippen molar-refractivity contribution in [2.45, 2.75) is 44.7 Å². The van der Waals surface area contributed by atoms with Gasteiger partial charge in [-0.2, -0.15) is 18.2 Å². The van der Waals surface area contributed by atoms with Crippen LogP contribution in [0.4, 0.5) is 13.2 Å². The average molecular weight is 405 g/mol. The minimum Gasteiger partial charge on any atom is -0.347 e. The van der Waals surface area contributed by atoms with Crippen LogP contribution in [0.5, 0.6) is 0 Å². The summed E-state index contributed by atoms with van der Waals surface area (Å²) in [5, 5.41) is 6.71. The number of benzene rings is 1. The van der Waals surface area contributed by atoms with Gasteiger partial charge in [-0.15, -0.1) is 0 Å². The van der Waals surface area contributed by atoms with Gasteiger partial charge in [0.2, 0.25) is 5.82 Å². The predicted molar refractivity (Wildman–Crippen MR) is 97.7 cm³/mol. The first-order valence-electron chi connectivity index (χ1n) is 10.1. The van der Waals surface area contributed by atoms with E-state index in [-0.39, 0.29) is 17.1 Å². The van der Waals surface area contributed by atoms with E-state index in [0.717, 1.165) is 29.9 Å². The van der Waals surface area contributed by atoms with Crippen molar-refractivity contribution in [2.75, 3.05) is 6.54 Å².